The van der Waals surface area contributed by atoms with E-state index in [1.54, 1.807) is 29.2 Å². The second-order valence-electron chi connectivity index (χ2n) is 12.6. The van der Waals surface area contributed by atoms with Crippen LogP contribution in [0.3, 0.4) is 0 Å². The van der Waals surface area contributed by atoms with Gasteiger partial charge in [0.25, 0.3) is 0 Å². The van der Waals surface area contributed by atoms with E-state index in [4.69, 9.17) is 4.98 Å². The van der Waals surface area contributed by atoms with Gasteiger partial charge in [-0.25, -0.2) is 9.07 Å². The maximum atomic E-state index is 14.0. The van der Waals surface area contributed by atoms with Crippen LogP contribution in [0.15, 0.2) is 73.1 Å². The number of halogens is 1. The summed E-state index contributed by atoms with van der Waals surface area (Å²) < 4.78 is 25.6. The van der Waals surface area contributed by atoms with Crippen LogP contribution in [0.4, 0.5) is 21.5 Å². The molecular formula is C35H35FN8O. The number of nitrogens with zero attached hydrogens (tertiary/aromatic N) is 5. The molecule has 1 amide bonds. The maximum Gasteiger partial charge on any atom is 0.221 e. The summed E-state index contributed by atoms with van der Waals surface area (Å²) in [7, 11) is 0. The summed E-state index contributed by atoms with van der Waals surface area (Å²) >= 11 is 0. The molecule has 1 aliphatic rings. The van der Waals surface area contributed by atoms with Crippen LogP contribution in [0.25, 0.3) is 22.0 Å². The average molecular weight is 604 g/mol. The Morgan fingerprint density at radius 2 is 1.87 bits per heavy atom. The van der Waals surface area contributed by atoms with Crippen molar-refractivity contribution >= 4 is 33.9 Å². The molecule has 0 spiro atoms. The number of carbonyl (C=O) groups is 1. The highest BCUT2D eigenvalue weighted by Gasteiger charge is 2.27. The molecule has 3 aromatic carbocycles. The summed E-state index contributed by atoms with van der Waals surface area (Å²) in [5.41, 5.74) is 5.24. The van der Waals surface area contributed by atoms with E-state index in [1.165, 1.54) is 19.1 Å². The number of benzene rings is 3. The van der Waals surface area contributed by atoms with E-state index in [0.717, 1.165) is 24.0 Å². The number of aromatic nitrogens is 4. The minimum atomic E-state index is -1.64. The van der Waals surface area contributed by atoms with Crippen molar-refractivity contribution in [3.05, 3.63) is 95.7 Å². The molecule has 0 saturated heterocycles. The molecule has 2 heterocycles. The first-order valence-corrected chi connectivity index (χ1v) is 14.9. The molecule has 0 aliphatic heterocycles. The standard InChI is InChI=1S/C35H35FN8O/c1-21(45)40-26-11-7-22(8-12-26)29-15-27(16-30-32(39-20-35(2,3)4)24(17-37)18-38-34(29)30)41-33(23-5-9-25(36)10-6-23)31-19-44(43-42-31)28-13-14-28/h5-12,15-16,18-19,28,33,41H,13-14,20H2,1-4H3,(H,38,39)(H,40,45)/i33D. The Balaban J connectivity index is 1.54. The molecule has 0 bridgehead atoms. The molecule has 5 aromatic rings. The third-order valence-electron chi connectivity index (χ3n) is 7.49. The molecule has 1 atom stereocenters. The van der Waals surface area contributed by atoms with Crippen LogP contribution in [-0.4, -0.2) is 32.4 Å². The van der Waals surface area contributed by atoms with Gasteiger partial charge in [-0.3, -0.25) is 9.78 Å². The van der Waals surface area contributed by atoms with E-state index in [9.17, 15) is 15.8 Å². The molecule has 228 valence electrons. The van der Waals surface area contributed by atoms with Crippen LogP contribution in [0.2, 0.25) is 0 Å². The van der Waals surface area contributed by atoms with Crippen molar-refractivity contribution in [3.8, 4) is 17.2 Å². The van der Waals surface area contributed by atoms with Crippen molar-refractivity contribution in [1.29, 1.82) is 5.26 Å². The molecule has 45 heavy (non-hydrogen) atoms. The molecule has 9 nitrogen and oxygen atoms in total. The summed E-state index contributed by atoms with van der Waals surface area (Å²) in [6, 6.07) is 17.9. The Bertz CT molecular complexity index is 1960. The fraction of sp³-hybridized carbons (Fsp3) is 0.286. The predicted molar refractivity (Wildman–Crippen MR) is 174 cm³/mol. The summed E-state index contributed by atoms with van der Waals surface area (Å²) in [6.07, 6.45) is 5.35. The minimum Gasteiger partial charge on any atom is -0.383 e. The fourth-order valence-electron chi connectivity index (χ4n) is 5.11. The quantitative estimate of drug-likeness (QED) is 0.160. The molecular weight excluding hydrogens is 567 g/mol. The molecule has 10 heteroatoms. The SMILES string of the molecule is [2H]C(Nc1cc(-c2ccc(NC(C)=O)cc2)c2ncc(C#N)c(NCC(C)(C)C)c2c1)(c1ccc(F)cc1)c1cn(C2CC2)nn1. The predicted octanol–water partition coefficient (Wildman–Crippen LogP) is 7.46. The Kier molecular flexibility index (Phi) is 7.59. The molecule has 1 unspecified atom stereocenters. The van der Waals surface area contributed by atoms with E-state index < -0.39 is 11.8 Å². The van der Waals surface area contributed by atoms with E-state index in [0.29, 0.717) is 51.3 Å². The normalized spacial score (nSPS) is 14.7. The Morgan fingerprint density at radius 3 is 2.51 bits per heavy atom. The van der Waals surface area contributed by atoms with E-state index in [2.05, 4.69) is 53.1 Å². The van der Waals surface area contributed by atoms with Gasteiger partial charge in [-0.15, -0.1) is 5.10 Å². The van der Waals surface area contributed by atoms with Gasteiger partial charge in [-0.1, -0.05) is 50.3 Å². The summed E-state index contributed by atoms with van der Waals surface area (Å²) in [4.78, 5) is 16.4. The molecule has 1 fully saturated rings. The summed E-state index contributed by atoms with van der Waals surface area (Å²) in [5.74, 6) is -0.580. The van der Waals surface area contributed by atoms with Gasteiger partial charge < -0.3 is 16.0 Å². The van der Waals surface area contributed by atoms with Crippen molar-refractivity contribution in [2.75, 3.05) is 22.5 Å². The first-order chi connectivity index (χ1) is 21.9. The number of pyridine rings is 1. The highest BCUT2D eigenvalue weighted by atomic mass is 19.1. The maximum absolute atomic E-state index is 14.0. The van der Waals surface area contributed by atoms with Gasteiger partial charge in [0.15, 0.2) is 0 Å². The lowest BCUT2D eigenvalue weighted by Crippen LogP contribution is -2.20. The van der Waals surface area contributed by atoms with Crippen LogP contribution < -0.4 is 16.0 Å². The number of nitrogens with one attached hydrogen (secondary N) is 3. The van der Waals surface area contributed by atoms with Crippen LogP contribution in [-0.2, 0) is 4.79 Å². The summed E-state index contributed by atoms with van der Waals surface area (Å²) in [5, 5.41) is 29.1. The lowest BCUT2D eigenvalue weighted by Gasteiger charge is -2.23. The zero-order valence-corrected chi connectivity index (χ0v) is 25.6. The van der Waals surface area contributed by atoms with Gasteiger partial charge >= 0.3 is 0 Å². The number of carbonyl (C=O) groups excluding carboxylic acids is 1. The number of fused-ring (bicyclic) bond motifs is 1. The lowest BCUT2D eigenvalue weighted by atomic mass is 9.95. The minimum absolute atomic E-state index is 0.0765. The molecule has 3 N–H and O–H groups in total. The second kappa shape index (κ2) is 12.0. The second-order valence-corrected chi connectivity index (χ2v) is 12.6. The number of hydrogen-bond acceptors (Lipinski definition) is 7. The molecule has 1 saturated carbocycles. The van der Waals surface area contributed by atoms with Gasteiger partial charge in [0.2, 0.25) is 5.91 Å². The number of rotatable bonds is 9. The first kappa shape index (κ1) is 28.5. The first-order valence-electron chi connectivity index (χ1n) is 15.4. The zero-order chi connectivity index (χ0) is 32.6. The third kappa shape index (κ3) is 6.78. The summed E-state index contributed by atoms with van der Waals surface area (Å²) in [6.45, 7) is 8.38. The fourth-order valence-corrected chi connectivity index (χ4v) is 5.11. The van der Waals surface area contributed by atoms with Gasteiger partial charge in [0, 0.05) is 42.0 Å². The Morgan fingerprint density at radius 1 is 1.13 bits per heavy atom. The smallest absolute Gasteiger partial charge is 0.221 e. The van der Waals surface area contributed by atoms with Crippen molar-refractivity contribution in [3.63, 3.8) is 0 Å². The van der Waals surface area contributed by atoms with E-state index in [1.807, 2.05) is 36.4 Å². The third-order valence-corrected chi connectivity index (χ3v) is 7.49. The molecule has 1 aliphatic carbocycles. The van der Waals surface area contributed by atoms with Crippen LogP contribution in [0, 0.1) is 22.6 Å². The van der Waals surface area contributed by atoms with Crippen molar-refractivity contribution in [2.24, 2.45) is 5.41 Å². The highest BCUT2D eigenvalue weighted by Crippen LogP contribution is 2.39. The topological polar surface area (TPSA) is 121 Å². The van der Waals surface area contributed by atoms with Gasteiger partial charge in [0.1, 0.15) is 17.6 Å². The monoisotopic (exact) mass is 603 g/mol. The molecule has 2 aromatic heterocycles. The van der Waals surface area contributed by atoms with Gasteiger partial charge in [-0.2, -0.15) is 5.26 Å². The zero-order valence-electron chi connectivity index (χ0n) is 26.6. The van der Waals surface area contributed by atoms with Crippen LogP contribution in [0.1, 0.15) is 70.8 Å². The van der Waals surface area contributed by atoms with Crippen molar-refractivity contribution < 1.29 is 10.6 Å². The van der Waals surface area contributed by atoms with E-state index in [-0.39, 0.29) is 17.4 Å². The van der Waals surface area contributed by atoms with Crippen LogP contribution >= 0.6 is 0 Å². The number of hydrogen-bond donors (Lipinski definition) is 3. The van der Waals surface area contributed by atoms with E-state index >= 15 is 0 Å². The Labute approximate surface area is 262 Å². The highest BCUT2D eigenvalue weighted by molar-refractivity contribution is 6.04. The largest absolute Gasteiger partial charge is 0.383 e. The lowest BCUT2D eigenvalue weighted by molar-refractivity contribution is -0.114. The number of nitriles is 1. The van der Waals surface area contributed by atoms with Gasteiger partial charge in [0.05, 0.1) is 36.4 Å². The van der Waals surface area contributed by atoms with Crippen molar-refractivity contribution in [2.45, 2.75) is 52.6 Å². The van der Waals surface area contributed by atoms with Crippen molar-refractivity contribution in [1.82, 2.24) is 20.0 Å². The number of anilines is 3. The Hall–Kier alpha value is -5.30. The number of amides is 1. The average Bonchev–Trinajstić information content (AvgIpc) is 3.74. The molecule has 0 radical (unpaired) electrons. The molecule has 6 rings (SSSR count). The van der Waals surface area contributed by atoms with Gasteiger partial charge in [-0.05, 0) is 65.8 Å². The van der Waals surface area contributed by atoms with Crippen LogP contribution in [0.5, 0.6) is 0 Å².